The fourth-order valence-corrected chi connectivity index (χ4v) is 7.77. The average molecular weight is 648 g/mol. The van der Waals surface area contributed by atoms with Gasteiger partial charge in [-0.05, 0) is 76.6 Å². The van der Waals surface area contributed by atoms with E-state index < -0.39 is 17.8 Å². The van der Waals surface area contributed by atoms with Crippen molar-refractivity contribution in [3.63, 3.8) is 0 Å². The van der Waals surface area contributed by atoms with Crippen LogP contribution in [0.1, 0.15) is 65.8 Å². The Kier molecular flexibility index (Phi) is 7.96. The Morgan fingerprint density at radius 2 is 1.39 bits per heavy atom. The molecule has 0 saturated carbocycles. The van der Waals surface area contributed by atoms with Crippen LogP contribution in [0.15, 0.2) is 115 Å². The summed E-state index contributed by atoms with van der Waals surface area (Å²) >= 11 is 0. The molecule has 2 atom stereocenters. The summed E-state index contributed by atoms with van der Waals surface area (Å²) < 4.78 is 6.08. The third kappa shape index (κ3) is 5.45. The minimum Gasteiger partial charge on any atom is -0.493 e. The molecule has 0 aliphatic carbocycles. The van der Waals surface area contributed by atoms with Crippen molar-refractivity contribution in [3.8, 4) is 5.75 Å². The number of fused-ring (bicyclic) bond motifs is 1. The molecule has 7 nitrogen and oxygen atoms in total. The number of benzene rings is 5. The van der Waals surface area contributed by atoms with Gasteiger partial charge in [0.1, 0.15) is 11.3 Å². The Labute approximate surface area is 285 Å². The number of nitrogens with one attached hydrogen (secondary N) is 1. The lowest BCUT2D eigenvalue weighted by molar-refractivity contribution is -0.122. The molecule has 244 valence electrons. The Bertz CT molecular complexity index is 2050. The van der Waals surface area contributed by atoms with Gasteiger partial charge >= 0.3 is 6.03 Å². The minimum absolute atomic E-state index is 0.0919. The second kappa shape index (κ2) is 12.7. The highest BCUT2D eigenvalue weighted by Crippen LogP contribution is 2.50. The number of hydrogen-bond acceptors (Lipinski definition) is 5. The molecule has 5 aromatic rings. The maximum absolute atomic E-state index is 14.5. The van der Waals surface area contributed by atoms with Gasteiger partial charge in [0.2, 0.25) is 0 Å². The summed E-state index contributed by atoms with van der Waals surface area (Å²) in [5.41, 5.74) is 6.74. The number of imide groups is 2. The standard InChI is InChI=1S/C42H37N3O4/c1-2-23-49-38-18-17-29-15-9-10-16-31(29)34(38)26-37-40(46)43-42(48)45(41(37)47)30-24-35-32(27-11-5-3-6-12-27)19-21-44-22-20-33(36(25-30)39(35)44)28-13-7-4-8-14-28/h3-18,24-26,32-33H,2,19-23H2,1H3,(H,43,46,48)/b37-26+/t32-,33+. The van der Waals surface area contributed by atoms with Crippen molar-refractivity contribution < 1.29 is 19.1 Å². The predicted octanol–water partition coefficient (Wildman–Crippen LogP) is 8.17. The maximum Gasteiger partial charge on any atom is 0.335 e. The quantitative estimate of drug-likeness (QED) is 0.142. The lowest BCUT2D eigenvalue weighted by Crippen LogP contribution is -2.54. The Balaban J connectivity index is 1.29. The van der Waals surface area contributed by atoms with E-state index in [9.17, 15) is 14.4 Å². The van der Waals surface area contributed by atoms with Crippen LogP contribution in [0.25, 0.3) is 16.8 Å². The summed E-state index contributed by atoms with van der Waals surface area (Å²) in [4.78, 5) is 45.2. The zero-order valence-electron chi connectivity index (χ0n) is 27.4. The summed E-state index contributed by atoms with van der Waals surface area (Å²) in [5, 5.41) is 4.27. The van der Waals surface area contributed by atoms with E-state index in [0.29, 0.717) is 23.6 Å². The van der Waals surface area contributed by atoms with Crippen LogP contribution in [0.3, 0.4) is 0 Å². The van der Waals surface area contributed by atoms with Crippen molar-refractivity contribution >= 4 is 46.1 Å². The molecule has 1 fully saturated rings. The van der Waals surface area contributed by atoms with Crippen molar-refractivity contribution in [2.75, 3.05) is 29.5 Å². The summed E-state index contributed by atoms with van der Waals surface area (Å²) in [6.45, 7) is 4.37. The zero-order valence-corrected chi connectivity index (χ0v) is 27.4. The van der Waals surface area contributed by atoms with Gasteiger partial charge in [0.25, 0.3) is 11.8 Å². The lowest BCUT2D eigenvalue weighted by Gasteiger charge is -2.44. The number of carbonyl (C=O) groups is 3. The SMILES string of the molecule is CCCOc1ccc2ccccc2c1/C=C1\C(=O)NC(=O)N(c2cc3c4c(c2)[C@H](c2ccccc2)CCN4CC[C@@H]3c2ccccc2)C1=O. The fourth-order valence-electron chi connectivity index (χ4n) is 7.77. The molecule has 5 aromatic carbocycles. The first-order valence-corrected chi connectivity index (χ1v) is 17.1. The van der Waals surface area contributed by atoms with E-state index in [1.165, 1.54) is 16.8 Å². The van der Waals surface area contributed by atoms with Crippen molar-refractivity contribution in [3.05, 3.63) is 143 Å². The van der Waals surface area contributed by atoms with Gasteiger partial charge in [0, 0.05) is 36.2 Å². The van der Waals surface area contributed by atoms with Crippen molar-refractivity contribution in [1.82, 2.24) is 5.32 Å². The molecule has 7 heteroatoms. The van der Waals surface area contributed by atoms with E-state index in [-0.39, 0.29) is 17.4 Å². The normalized spacial score (nSPS) is 19.6. The molecule has 0 unspecified atom stereocenters. The molecule has 8 rings (SSSR count). The summed E-state index contributed by atoms with van der Waals surface area (Å²) in [7, 11) is 0. The molecule has 4 amide bonds. The second-order valence-corrected chi connectivity index (χ2v) is 13.0. The summed E-state index contributed by atoms with van der Waals surface area (Å²) in [5.74, 6) is -0.628. The van der Waals surface area contributed by atoms with Gasteiger partial charge in [-0.2, -0.15) is 0 Å². The molecule has 49 heavy (non-hydrogen) atoms. The van der Waals surface area contributed by atoms with Crippen LogP contribution in [-0.4, -0.2) is 37.5 Å². The number of anilines is 2. The lowest BCUT2D eigenvalue weighted by atomic mass is 9.76. The number of carbonyl (C=O) groups excluding carboxylic acids is 3. The second-order valence-electron chi connectivity index (χ2n) is 13.0. The van der Waals surface area contributed by atoms with Gasteiger partial charge in [-0.25, -0.2) is 9.69 Å². The zero-order chi connectivity index (χ0) is 33.5. The van der Waals surface area contributed by atoms with E-state index in [4.69, 9.17) is 4.74 Å². The van der Waals surface area contributed by atoms with Gasteiger partial charge in [0.05, 0.1) is 12.3 Å². The minimum atomic E-state index is -0.754. The predicted molar refractivity (Wildman–Crippen MR) is 193 cm³/mol. The highest BCUT2D eigenvalue weighted by Gasteiger charge is 2.40. The van der Waals surface area contributed by atoms with Crippen molar-refractivity contribution in [1.29, 1.82) is 0 Å². The van der Waals surface area contributed by atoms with Gasteiger partial charge < -0.3 is 9.64 Å². The Morgan fingerprint density at radius 3 is 2.02 bits per heavy atom. The van der Waals surface area contributed by atoms with E-state index in [0.717, 1.165) is 59.2 Å². The fraction of sp³-hybridized carbons (Fsp3) is 0.214. The van der Waals surface area contributed by atoms with E-state index in [1.54, 1.807) is 6.08 Å². The number of barbiturate groups is 1. The van der Waals surface area contributed by atoms with Crippen LogP contribution >= 0.6 is 0 Å². The molecule has 0 aromatic heterocycles. The number of ether oxygens (including phenoxy) is 1. The highest BCUT2D eigenvalue weighted by atomic mass is 16.5. The van der Waals surface area contributed by atoms with E-state index >= 15 is 0 Å². The first kappa shape index (κ1) is 30.6. The van der Waals surface area contributed by atoms with Crippen LogP contribution < -0.4 is 19.9 Å². The largest absolute Gasteiger partial charge is 0.493 e. The third-order valence-electron chi connectivity index (χ3n) is 10.0. The molecule has 3 aliphatic rings. The van der Waals surface area contributed by atoms with Crippen molar-refractivity contribution in [2.24, 2.45) is 0 Å². The number of rotatable bonds is 7. The summed E-state index contributed by atoms with van der Waals surface area (Å²) in [6.07, 6.45) is 4.22. The van der Waals surface area contributed by atoms with Crippen LogP contribution in [-0.2, 0) is 9.59 Å². The number of nitrogens with zero attached hydrogens (tertiary/aromatic N) is 2. The molecular formula is C42H37N3O4. The van der Waals surface area contributed by atoms with Crippen LogP contribution in [0, 0.1) is 0 Å². The molecule has 1 saturated heterocycles. The average Bonchev–Trinajstić information content (AvgIpc) is 3.13. The van der Waals surface area contributed by atoms with Crippen LogP contribution in [0.5, 0.6) is 5.75 Å². The Hall–Kier alpha value is -5.69. The monoisotopic (exact) mass is 647 g/mol. The van der Waals surface area contributed by atoms with Gasteiger partial charge in [-0.1, -0.05) is 97.9 Å². The molecule has 0 radical (unpaired) electrons. The first-order valence-electron chi connectivity index (χ1n) is 17.1. The smallest absolute Gasteiger partial charge is 0.335 e. The molecular weight excluding hydrogens is 610 g/mol. The maximum atomic E-state index is 14.5. The molecule has 0 spiro atoms. The third-order valence-corrected chi connectivity index (χ3v) is 10.0. The van der Waals surface area contributed by atoms with E-state index in [1.807, 2.05) is 67.6 Å². The van der Waals surface area contributed by atoms with Gasteiger partial charge in [-0.15, -0.1) is 0 Å². The molecule has 0 bridgehead atoms. The van der Waals surface area contributed by atoms with Crippen LogP contribution in [0.2, 0.25) is 0 Å². The summed E-state index contributed by atoms with van der Waals surface area (Å²) in [6, 6.07) is 35.7. The number of amides is 4. The molecule has 1 N–H and O–H groups in total. The molecule has 3 aliphatic heterocycles. The van der Waals surface area contributed by atoms with Crippen LogP contribution in [0.4, 0.5) is 16.2 Å². The highest BCUT2D eigenvalue weighted by molar-refractivity contribution is 6.39. The van der Waals surface area contributed by atoms with E-state index in [2.05, 4.69) is 58.7 Å². The Morgan fingerprint density at radius 1 is 0.776 bits per heavy atom. The van der Waals surface area contributed by atoms with Gasteiger partial charge in [-0.3, -0.25) is 14.9 Å². The number of hydrogen-bond donors (Lipinski definition) is 1. The number of urea groups is 1. The van der Waals surface area contributed by atoms with Gasteiger partial charge in [0.15, 0.2) is 0 Å². The topological polar surface area (TPSA) is 79.0 Å². The van der Waals surface area contributed by atoms with Crippen molar-refractivity contribution in [2.45, 2.75) is 38.0 Å². The molecule has 3 heterocycles. The first-order chi connectivity index (χ1) is 24.0.